The van der Waals surface area contributed by atoms with Crippen molar-refractivity contribution >= 4 is 28.3 Å². The second-order valence-corrected chi connectivity index (χ2v) is 7.48. The fraction of sp³-hybridized carbons (Fsp3) is 0.250. The van der Waals surface area contributed by atoms with Crippen LogP contribution in [0.5, 0.6) is 0 Å². The summed E-state index contributed by atoms with van der Waals surface area (Å²) in [5.41, 5.74) is 2.62. The zero-order chi connectivity index (χ0) is 19.5. The van der Waals surface area contributed by atoms with Crippen LogP contribution in [0.25, 0.3) is 10.8 Å². The Morgan fingerprint density at radius 1 is 1.00 bits per heavy atom. The van der Waals surface area contributed by atoms with Crippen LogP contribution in [0.2, 0.25) is 0 Å². The molecule has 1 heterocycles. The van der Waals surface area contributed by atoms with Crippen molar-refractivity contribution in [1.82, 2.24) is 4.90 Å². The van der Waals surface area contributed by atoms with Gasteiger partial charge in [0.2, 0.25) is 5.91 Å². The molecule has 4 nitrogen and oxygen atoms in total. The largest absolute Gasteiger partial charge is 0.338 e. The normalized spacial score (nSPS) is 16.8. The number of nitrogens with zero attached hydrogens (tertiary/aromatic N) is 1. The maximum Gasteiger partial charge on any atom is 0.254 e. The minimum atomic E-state index is -0.187. The zero-order valence-corrected chi connectivity index (χ0v) is 16.0. The molecule has 1 aliphatic rings. The van der Waals surface area contributed by atoms with E-state index < -0.39 is 0 Å². The summed E-state index contributed by atoms with van der Waals surface area (Å²) in [4.78, 5) is 27.8. The molecule has 0 saturated carbocycles. The average molecular weight is 372 g/mol. The molecule has 0 aliphatic carbocycles. The number of nitrogens with one attached hydrogen (secondary N) is 1. The van der Waals surface area contributed by atoms with E-state index in [1.54, 1.807) is 0 Å². The average Bonchev–Trinajstić information content (AvgIpc) is 2.73. The van der Waals surface area contributed by atoms with Gasteiger partial charge in [-0.25, -0.2) is 0 Å². The number of amides is 2. The van der Waals surface area contributed by atoms with Crippen molar-refractivity contribution in [3.63, 3.8) is 0 Å². The molecule has 0 spiro atoms. The van der Waals surface area contributed by atoms with Crippen LogP contribution in [0.15, 0.2) is 66.7 Å². The van der Waals surface area contributed by atoms with Gasteiger partial charge in [-0.05, 0) is 54.3 Å². The fourth-order valence-corrected chi connectivity index (χ4v) is 3.92. The zero-order valence-electron chi connectivity index (χ0n) is 16.0. The molecular formula is C24H24N2O2. The van der Waals surface area contributed by atoms with E-state index in [0.29, 0.717) is 18.7 Å². The molecule has 4 rings (SSSR count). The van der Waals surface area contributed by atoms with Crippen LogP contribution in [0.1, 0.15) is 28.8 Å². The number of benzene rings is 3. The number of hydrogen-bond acceptors (Lipinski definition) is 2. The first-order chi connectivity index (χ1) is 13.6. The van der Waals surface area contributed by atoms with Crippen LogP contribution < -0.4 is 5.32 Å². The lowest BCUT2D eigenvalue weighted by Crippen LogP contribution is -2.43. The summed E-state index contributed by atoms with van der Waals surface area (Å²) in [6.45, 7) is 3.15. The number of anilines is 1. The highest BCUT2D eigenvalue weighted by Crippen LogP contribution is 2.24. The standard InChI is InChI=1S/C24H24N2O2/c1-17-7-4-11-20(15-17)25-23(27)19-10-6-14-26(16-19)24(28)22-13-5-9-18-8-2-3-12-21(18)22/h2-5,7-9,11-13,15,19H,6,10,14,16H2,1H3,(H,25,27). The number of likely N-dealkylation sites (tertiary alicyclic amines) is 1. The lowest BCUT2D eigenvalue weighted by Gasteiger charge is -2.32. The summed E-state index contributed by atoms with van der Waals surface area (Å²) in [5.74, 6) is -0.195. The van der Waals surface area contributed by atoms with Gasteiger partial charge in [-0.1, -0.05) is 48.5 Å². The van der Waals surface area contributed by atoms with Gasteiger partial charge in [0.25, 0.3) is 5.91 Å². The Morgan fingerprint density at radius 2 is 1.79 bits per heavy atom. The Hall–Kier alpha value is -3.14. The summed E-state index contributed by atoms with van der Waals surface area (Å²) in [5, 5.41) is 5.02. The molecule has 0 bridgehead atoms. The van der Waals surface area contributed by atoms with Crippen molar-refractivity contribution in [2.45, 2.75) is 19.8 Å². The molecule has 28 heavy (non-hydrogen) atoms. The molecule has 1 saturated heterocycles. The van der Waals surface area contributed by atoms with Crippen LogP contribution >= 0.6 is 0 Å². The SMILES string of the molecule is Cc1cccc(NC(=O)C2CCCN(C(=O)c3cccc4ccccc34)C2)c1. The summed E-state index contributed by atoms with van der Waals surface area (Å²) in [7, 11) is 0. The van der Waals surface area contributed by atoms with Crippen molar-refractivity contribution in [3.05, 3.63) is 77.9 Å². The third-order valence-electron chi connectivity index (χ3n) is 5.39. The molecule has 1 N–H and O–H groups in total. The van der Waals surface area contributed by atoms with Gasteiger partial charge in [0.15, 0.2) is 0 Å². The van der Waals surface area contributed by atoms with Crippen LogP contribution in [-0.4, -0.2) is 29.8 Å². The smallest absolute Gasteiger partial charge is 0.254 e. The number of aryl methyl sites for hydroxylation is 1. The first-order valence-corrected chi connectivity index (χ1v) is 9.76. The number of carbonyl (C=O) groups excluding carboxylic acids is 2. The molecule has 1 atom stereocenters. The number of carbonyl (C=O) groups is 2. The highest BCUT2D eigenvalue weighted by Gasteiger charge is 2.29. The van der Waals surface area contributed by atoms with Gasteiger partial charge in [0, 0.05) is 24.3 Å². The van der Waals surface area contributed by atoms with Crippen LogP contribution in [0, 0.1) is 12.8 Å². The highest BCUT2D eigenvalue weighted by molar-refractivity contribution is 6.07. The van der Waals surface area contributed by atoms with E-state index in [2.05, 4.69) is 5.32 Å². The third-order valence-corrected chi connectivity index (χ3v) is 5.39. The van der Waals surface area contributed by atoms with E-state index >= 15 is 0 Å². The second kappa shape index (κ2) is 7.85. The van der Waals surface area contributed by atoms with Gasteiger partial charge in [-0.15, -0.1) is 0 Å². The predicted octanol–water partition coefficient (Wildman–Crippen LogP) is 4.64. The third kappa shape index (κ3) is 3.77. The Balaban J connectivity index is 1.50. The van der Waals surface area contributed by atoms with Gasteiger partial charge >= 0.3 is 0 Å². The predicted molar refractivity (Wildman–Crippen MR) is 112 cm³/mol. The van der Waals surface area contributed by atoms with Crippen LogP contribution in [0.3, 0.4) is 0 Å². The monoisotopic (exact) mass is 372 g/mol. The van der Waals surface area contributed by atoms with Gasteiger partial charge in [-0.2, -0.15) is 0 Å². The first kappa shape index (κ1) is 18.2. The minimum Gasteiger partial charge on any atom is -0.338 e. The maximum absolute atomic E-state index is 13.2. The van der Waals surface area contributed by atoms with Crippen molar-refractivity contribution in [3.8, 4) is 0 Å². The summed E-state index contributed by atoms with van der Waals surface area (Å²) >= 11 is 0. The lowest BCUT2D eigenvalue weighted by atomic mass is 9.95. The van der Waals surface area contributed by atoms with E-state index in [4.69, 9.17) is 0 Å². The molecule has 0 aromatic heterocycles. The molecule has 142 valence electrons. The highest BCUT2D eigenvalue weighted by atomic mass is 16.2. The number of piperidine rings is 1. The lowest BCUT2D eigenvalue weighted by molar-refractivity contribution is -0.121. The first-order valence-electron chi connectivity index (χ1n) is 9.76. The van der Waals surface area contributed by atoms with Gasteiger partial charge in [-0.3, -0.25) is 9.59 Å². The van der Waals surface area contributed by atoms with E-state index in [-0.39, 0.29) is 17.7 Å². The Kier molecular flexibility index (Phi) is 5.11. The Bertz CT molecular complexity index is 1020. The number of hydrogen-bond donors (Lipinski definition) is 1. The van der Waals surface area contributed by atoms with Crippen LogP contribution in [0.4, 0.5) is 5.69 Å². The fourth-order valence-electron chi connectivity index (χ4n) is 3.92. The number of rotatable bonds is 3. The quantitative estimate of drug-likeness (QED) is 0.728. The Morgan fingerprint density at radius 3 is 2.64 bits per heavy atom. The summed E-state index contributed by atoms with van der Waals surface area (Å²) < 4.78 is 0. The second-order valence-electron chi connectivity index (χ2n) is 7.48. The van der Waals surface area contributed by atoms with E-state index in [1.165, 1.54) is 0 Å². The van der Waals surface area contributed by atoms with Gasteiger partial charge in [0.1, 0.15) is 0 Å². The molecule has 1 fully saturated rings. The van der Waals surface area contributed by atoms with E-state index in [1.807, 2.05) is 78.6 Å². The van der Waals surface area contributed by atoms with Crippen molar-refractivity contribution in [2.24, 2.45) is 5.92 Å². The molecule has 4 heteroatoms. The van der Waals surface area contributed by atoms with Crippen molar-refractivity contribution in [1.29, 1.82) is 0 Å². The topological polar surface area (TPSA) is 49.4 Å². The van der Waals surface area contributed by atoms with Crippen molar-refractivity contribution in [2.75, 3.05) is 18.4 Å². The van der Waals surface area contributed by atoms with Gasteiger partial charge < -0.3 is 10.2 Å². The molecule has 1 unspecified atom stereocenters. The van der Waals surface area contributed by atoms with Crippen molar-refractivity contribution < 1.29 is 9.59 Å². The molecule has 2 amide bonds. The molecule has 0 radical (unpaired) electrons. The molecule has 3 aromatic carbocycles. The molecular weight excluding hydrogens is 348 g/mol. The Labute approximate surface area is 165 Å². The van der Waals surface area contributed by atoms with Gasteiger partial charge in [0.05, 0.1) is 5.92 Å². The number of fused-ring (bicyclic) bond motifs is 1. The summed E-state index contributed by atoms with van der Waals surface area (Å²) in [6.07, 6.45) is 1.64. The van der Waals surface area contributed by atoms with Crippen LogP contribution in [-0.2, 0) is 4.79 Å². The molecule has 3 aromatic rings. The van der Waals surface area contributed by atoms with E-state index in [0.717, 1.165) is 34.9 Å². The molecule has 1 aliphatic heterocycles. The van der Waals surface area contributed by atoms with E-state index in [9.17, 15) is 9.59 Å². The summed E-state index contributed by atoms with van der Waals surface area (Å²) in [6, 6.07) is 21.5. The minimum absolute atomic E-state index is 0.00450. The maximum atomic E-state index is 13.2.